The highest BCUT2D eigenvalue weighted by molar-refractivity contribution is 7.89. The van der Waals surface area contributed by atoms with E-state index in [0.717, 1.165) is 12.1 Å². The maximum Gasteiger partial charge on any atom is 0.349 e. The number of halogens is 4. The number of rotatable bonds is 7. The summed E-state index contributed by atoms with van der Waals surface area (Å²) in [7, 11) is 7.74. The molecule has 38 heavy (non-hydrogen) atoms. The van der Waals surface area contributed by atoms with Gasteiger partial charge in [0.2, 0.25) is 10.0 Å². The Morgan fingerprint density at radius 2 is 1.79 bits per heavy atom. The quantitative estimate of drug-likeness (QED) is 0.283. The highest BCUT2D eigenvalue weighted by Crippen LogP contribution is 2.37. The number of alkyl halides is 2. The van der Waals surface area contributed by atoms with Crippen molar-refractivity contribution in [2.45, 2.75) is 36.3 Å². The van der Waals surface area contributed by atoms with Gasteiger partial charge in [-0.25, -0.2) is 26.7 Å². The molecule has 1 fully saturated rings. The molecule has 0 bridgehead atoms. The first kappa shape index (κ1) is 28.1. The zero-order valence-corrected chi connectivity index (χ0v) is 21.1. The predicted octanol–water partition coefficient (Wildman–Crippen LogP) is 0.0523. The van der Waals surface area contributed by atoms with Crippen molar-refractivity contribution in [3.8, 4) is 22.9 Å². The molecule has 1 heterocycles. The number of H-pyrrole nitrogens is 1. The normalized spacial score (nSPS) is 17.4. The molecule has 4 radical (unpaired) electrons. The number of aromatic nitrogens is 3. The Morgan fingerprint density at radius 1 is 1.18 bits per heavy atom. The van der Waals surface area contributed by atoms with Crippen LogP contribution in [0.4, 0.5) is 8.78 Å². The lowest BCUT2D eigenvalue weighted by molar-refractivity contribution is 0.0712. The average molecular weight is 585 g/mol. The molecular formula is C20H14B2Cl2F2N4O7S. The van der Waals surface area contributed by atoms with Crippen molar-refractivity contribution < 1.29 is 32.1 Å². The number of hydrogen-bond donors (Lipinski definition) is 4. The molecule has 1 aliphatic carbocycles. The number of nitrogens with zero attached hydrogens (tertiary/aromatic N) is 2. The van der Waals surface area contributed by atoms with Crippen molar-refractivity contribution in [1.82, 2.24) is 19.5 Å². The monoisotopic (exact) mass is 584 g/mol. The Kier molecular flexibility index (Phi) is 7.65. The van der Waals surface area contributed by atoms with Gasteiger partial charge >= 0.3 is 5.69 Å². The number of ether oxygens (including phenoxy) is 1. The number of aromatic amines is 1. The van der Waals surface area contributed by atoms with Gasteiger partial charge < -0.3 is 14.9 Å². The Balaban J connectivity index is 1.75. The van der Waals surface area contributed by atoms with Crippen LogP contribution in [0.2, 0.25) is 10.0 Å². The summed E-state index contributed by atoms with van der Waals surface area (Å²) < 4.78 is 60.0. The molecule has 4 rings (SSSR count). The number of aliphatic hydroxyl groups is 1. The van der Waals surface area contributed by atoms with Gasteiger partial charge in [0.05, 0.1) is 21.8 Å². The summed E-state index contributed by atoms with van der Waals surface area (Å²) in [4.78, 5) is 25.0. The molecule has 0 spiro atoms. The lowest BCUT2D eigenvalue weighted by Crippen LogP contribution is -2.46. The van der Waals surface area contributed by atoms with Crippen LogP contribution in [-0.4, -0.2) is 61.2 Å². The van der Waals surface area contributed by atoms with Gasteiger partial charge in [0.25, 0.3) is 12.0 Å². The fraction of sp³-hybridized carbons (Fsp3) is 0.250. The van der Waals surface area contributed by atoms with Crippen LogP contribution >= 0.6 is 23.2 Å². The number of phenols is 1. The summed E-state index contributed by atoms with van der Waals surface area (Å²) in [6, 6.07) is 2.64. The number of nitrogens with one attached hydrogen (secondary N) is 2. The van der Waals surface area contributed by atoms with E-state index in [1.807, 2.05) is 0 Å². The summed E-state index contributed by atoms with van der Waals surface area (Å²) in [5.41, 5.74) is -5.49. The second-order valence-corrected chi connectivity index (χ2v) is 10.6. The molecule has 1 aliphatic rings. The first-order chi connectivity index (χ1) is 17.7. The van der Waals surface area contributed by atoms with E-state index >= 15 is 0 Å². The minimum atomic E-state index is -4.23. The number of phenolic OH excluding ortho intramolecular Hbond substituents is 1. The van der Waals surface area contributed by atoms with Crippen molar-refractivity contribution in [3.05, 3.63) is 54.8 Å². The Bertz CT molecular complexity index is 1640. The highest BCUT2D eigenvalue weighted by Gasteiger charge is 2.33. The van der Waals surface area contributed by atoms with Crippen molar-refractivity contribution in [2.24, 2.45) is 0 Å². The molecular weight excluding hydrogens is 571 g/mol. The Morgan fingerprint density at radius 3 is 2.34 bits per heavy atom. The van der Waals surface area contributed by atoms with Crippen molar-refractivity contribution >= 4 is 59.8 Å². The lowest BCUT2D eigenvalue weighted by Gasteiger charge is -2.31. The molecule has 0 atom stereocenters. The number of hydrogen-bond acceptors (Lipinski definition) is 8. The van der Waals surface area contributed by atoms with Crippen LogP contribution < -0.4 is 31.6 Å². The second kappa shape index (κ2) is 10.3. The Labute approximate surface area is 225 Å². The van der Waals surface area contributed by atoms with E-state index in [4.69, 9.17) is 43.6 Å². The van der Waals surface area contributed by atoms with Gasteiger partial charge in [0.1, 0.15) is 32.1 Å². The minimum Gasteiger partial charge on any atom is -0.507 e. The van der Waals surface area contributed by atoms with E-state index in [1.54, 1.807) is 4.98 Å². The van der Waals surface area contributed by atoms with Crippen LogP contribution in [0.25, 0.3) is 5.69 Å². The zero-order chi connectivity index (χ0) is 28.1. The van der Waals surface area contributed by atoms with Crippen LogP contribution in [0.15, 0.2) is 32.7 Å². The Hall–Kier alpha value is -2.91. The molecule has 0 saturated heterocycles. The SMILES string of the molecule is [B]c1c(Cl)c(Oc2ccc(O)c(S(=O)(=O)NC3CC(O)C3)c2)c(Cl)c([B])c1-n1nc(C(F)F)c(=O)[nH]c1=O. The lowest BCUT2D eigenvalue weighted by atomic mass is 9.84. The smallest absolute Gasteiger partial charge is 0.349 e. The molecule has 1 saturated carbocycles. The standard InChI is InChI=1S/C20H14B2Cl2F2N4O7S/c21-11-13(23)17(14(24)12(22)16(11)30-20(34)27-19(33)15(28-30)18(25)26)37-8-1-2-9(32)10(5-8)38(35,36)29-6-3-7(31)4-6/h1-2,5-7,18,29,31-32H,3-4H2,(H,27,33,34). The van der Waals surface area contributed by atoms with Crippen LogP contribution in [0, 0.1) is 0 Å². The van der Waals surface area contributed by atoms with Crippen LogP contribution in [0.3, 0.4) is 0 Å². The summed E-state index contributed by atoms with van der Waals surface area (Å²) in [6.07, 6.45) is -3.56. The maximum atomic E-state index is 13.2. The van der Waals surface area contributed by atoms with Crippen LogP contribution in [-0.2, 0) is 10.0 Å². The fourth-order valence-corrected chi connectivity index (χ4v) is 5.44. The topological polar surface area (TPSA) is 164 Å². The van der Waals surface area contributed by atoms with Gasteiger partial charge in [0.15, 0.2) is 11.4 Å². The molecule has 18 heteroatoms. The molecule has 1 aromatic heterocycles. The summed E-state index contributed by atoms with van der Waals surface area (Å²) >= 11 is 12.5. The van der Waals surface area contributed by atoms with Gasteiger partial charge in [-0.1, -0.05) is 23.2 Å². The fourth-order valence-electron chi connectivity index (χ4n) is 3.58. The number of benzene rings is 2. The third kappa shape index (κ3) is 5.18. The first-order valence-corrected chi connectivity index (χ1v) is 12.7. The van der Waals surface area contributed by atoms with Gasteiger partial charge in [-0.2, -0.15) is 9.78 Å². The highest BCUT2D eigenvalue weighted by atomic mass is 35.5. The van der Waals surface area contributed by atoms with Crippen molar-refractivity contribution in [1.29, 1.82) is 0 Å². The summed E-state index contributed by atoms with van der Waals surface area (Å²) in [6.45, 7) is 0. The largest absolute Gasteiger partial charge is 0.507 e. The van der Waals surface area contributed by atoms with E-state index in [9.17, 15) is 37.0 Å². The number of aliphatic hydroxyl groups excluding tert-OH is 1. The van der Waals surface area contributed by atoms with Crippen molar-refractivity contribution in [2.75, 3.05) is 0 Å². The van der Waals surface area contributed by atoms with Crippen LogP contribution in [0.1, 0.15) is 25.0 Å². The van der Waals surface area contributed by atoms with E-state index in [2.05, 4.69) is 9.82 Å². The predicted molar refractivity (Wildman–Crippen MR) is 134 cm³/mol. The summed E-state index contributed by atoms with van der Waals surface area (Å²) in [5.74, 6) is -1.19. The van der Waals surface area contributed by atoms with Gasteiger partial charge in [-0.05, 0) is 35.9 Å². The third-order valence-electron chi connectivity index (χ3n) is 5.53. The van der Waals surface area contributed by atoms with Crippen LogP contribution in [0.5, 0.6) is 17.2 Å². The molecule has 2 aromatic carbocycles. The molecule has 3 aromatic rings. The third-order valence-corrected chi connectivity index (χ3v) is 7.83. The maximum absolute atomic E-state index is 13.2. The first-order valence-electron chi connectivity index (χ1n) is 10.5. The number of sulfonamides is 1. The van der Waals surface area contributed by atoms with Crippen molar-refractivity contribution in [3.63, 3.8) is 0 Å². The van der Waals surface area contributed by atoms with Gasteiger partial charge in [-0.3, -0.25) is 9.78 Å². The van der Waals surface area contributed by atoms with Gasteiger partial charge in [0, 0.05) is 12.1 Å². The molecule has 0 amide bonds. The van der Waals surface area contributed by atoms with E-state index in [-0.39, 0.29) is 18.6 Å². The summed E-state index contributed by atoms with van der Waals surface area (Å²) in [5, 5.41) is 21.9. The molecule has 196 valence electrons. The van der Waals surface area contributed by atoms with E-state index < -0.39 is 88.6 Å². The zero-order valence-electron chi connectivity index (χ0n) is 18.8. The van der Waals surface area contributed by atoms with Gasteiger partial charge in [-0.15, -0.1) is 0 Å². The average Bonchev–Trinajstić information content (AvgIpc) is 2.81. The molecule has 11 nitrogen and oxygen atoms in total. The van der Waals surface area contributed by atoms with E-state index in [0.29, 0.717) is 4.68 Å². The minimum absolute atomic E-state index is 0.188. The second-order valence-electron chi connectivity index (χ2n) is 8.17. The molecule has 0 aliphatic heterocycles. The molecule has 4 N–H and O–H groups in total. The molecule has 0 unspecified atom stereocenters. The number of aromatic hydroxyl groups is 1. The van der Waals surface area contributed by atoms with E-state index in [1.165, 1.54) is 6.07 Å².